The lowest BCUT2D eigenvalue weighted by Crippen LogP contribution is -2.41. The fourth-order valence-electron chi connectivity index (χ4n) is 4.90. The zero-order valence-electron chi connectivity index (χ0n) is 23.5. The van der Waals surface area contributed by atoms with Gasteiger partial charge in [0.15, 0.2) is 11.6 Å². The van der Waals surface area contributed by atoms with Gasteiger partial charge in [0.25, 0.3) is 0 Å². The largest absolute Gasteiger partial charge is 0.400 e. The van der Waals surface area contributed by atoms with Gasteiger partial charge >= 0.3 is 0 Å². The lowest BCUT2D eigenvalue weighted by Gasteiger charge is -2.36. The number of allylic oxidation sites excluding steroid dienone is 6. The van der Waals surface area contributed by atoms with Crippen molar-refractivity contribution in [1.82, 2.24) is 0 Å². The molecule has 2 unspecified atom stereocenters. The van der Waals surface area contributed by atoms with E-state index in [1.165, 1.54) is 0 Å². The smallest absolute Gasteiger partial charge is 0.178 e. The number of carbonyl (C=O) groups excluding carboxylic acids is 2. The van der Waals surface area contributed by atoms with Crippen molar-refractivity contribution in [2.45, 2.75) is 78.9 Å². The molecule has 1 saturated heterocycles. The van der Waals surface area contributed by atoms with Crippen molar-refractivity contribution in [3.8, 4) is 12.8 Å². The third-order valence-electron chi connectivity index (χ3n) is 6.49. The van der Waals surface area contributed by atoms with E-state index in [4.69, 9.17) is 9.84 Å². The summed E-state index contributed by atoms with van der Waals surface area (Å²) in [6.45, 7) is 22.4. The van der Waals surface area contributed by atoms with Crippen LogP contribution < -0.4 is 0 Å². The maximum atomic E-state index is 12.4. The number of carbonyl (C=O) groups is 2. The third kappa shape index (κ3) is 11.0. The number of hydrogen-bond acceptors (Lipinski definition) is 5. The van der Waals surface area contributed by atoms with Crippen LogP contribution in [0.25, 0.3) is 0 Å². The number of aliphatic hydroxyl groups excluding tert-OH is 2. The van der Waals surface area contributed by atoms with Crippen LogP contribution in [0.4, 0.5) is 0 Å². The molecule has 2 N–H and O–H groups in total. The summed E-state index contributed by atoms with van der Waals surface area (Å²) in [5.41, 5.74) is 0.582. The Morgan fingerprint density at radius 2 is 1.81 bits per heavy atom. The maximum absolute atomic E-state index is 12.4. The Labute approximate surface area is 220 Å². The molecule has 5 atom stereocenters. The van der Waals surface area contributed by atoms with Gasteiger partial charge in [-0.25, -0.2) is 0 Å². The summed E-state index contributed by atoms with van der Waals surface area (Å²) in [7, 11) is 1.00. The highest BCUT2D eigenvalue weighted by Crippen LogP contribution is 2.47. The summed E-state index contributed by atoms with van der Waals surface area (Å²) in [6, 6.07) is 0. The molecule has 1 fully saturated rings. The Bertz CT molecular complexity index is 743. The molecule has 1 aliphatic heterocycles. The molecular formula is C31H50O5. The highest BCUT2D eigenvalue weighted by atomic mass is 16.5. The highest BCUT2D eigenvalue weighted by Gasteiger charge is 2.50. The molecule has 0 aromatic heterocycles. The molecular weight excluding hydrogens is 452 g/mol. The van der Waals surface area contributed by atoms with Crippen molar-refractivity contribution in [1.29, 1.82) is 0 Å². The van der Waals surface area contributed by atoms with E-state index in [0.29, 0.717) is 19.4 Å². The molecule has 0 aromatic rings. The number of terminal acetylenes is 1. The van der Waals surface area contributed by atoms with Gasteiger partial charge in [-0.3, -0.25) is 9.59 Å². The van der Waals surface area contributed by atoms with E-state index in [9.17, 15) is 14.7 Å². The summed E-state index contributed by atoms with van der Waals surface area (Å²) >= 11 is 0. The number of rotatable bonds is 9. The fraction of sp³-hybridized carbons (Fsp3) is 0.548. The summed E-state index contributed by atoms with van der Waals surface area (Å²) in [6.07, 6.45) is 20.4. The fourth-order valence-corrected chi connectivity index (χ4v) is 4.90. The van der Waals surface area contributed by atoms with E-state index in [0.717, 1.165) is 31.9 Å². The molecule has 0 amide bonds. The first kappa shape index (κ1) is 38.0. The summed E-state index contributed by atoms with van der Waals surface area (Å²) in [5.74, 6) is 0.400. The normalized spacial score (nSPS) is 26.9. The number of aliphatic hydroxyl groups is 2. The number of Topliss-reactive ketones (excluding diaryl/α,β-unsaturated/α-hetero) is 1. The standard InChI is InChI=1S/C24H36O4.2C2H4.C2H2.CH4O/c1-6-12-23(4)13-11-20(26)14-18(23)9-8-10-19-16-28-22(21(27)7-2)24(19,5)15-17(3)25;4*1-2/h6,11-14,17,19,22,25H,7-10,15-16H2,1-5H3;2*1-2H2;1-2H;2H,1H3/b12-6+;;;;/t17-,19?,22?,23+,24+;;;;/m1..../s1. The average molecular weight is 503 g/mol. The molecule has 0 bridgehead atoms. The molecule has 36 heavy (non-hydrogen) atoms. The molecule has 0 aromatic carbocycles. The Kier molecular flexibility index (Phi) is 21.8. The van der Waals surface area contributed by atoms with Crippen molar-refractivity contribution in [3.63, 3.8) is 0 Å². The lowest BCUT2D eigenvalue weighted by molar-refractivity contribution is -0.132. The monoisotopic (exact) mass is 502 g/mol. The van der Waals surface area contributed by atoms with Gasteiger partial charge in [0.1, 0.15) is 6.10 Å². The molecule has 5 nitrogen and oxygen atoms in total. The van der Waals surface area contributed by atoms with Gasteiger partial charge < -0.3 is 14.9 Å². The van der Waals surface area contributed by atoms with Gasteiger partial charge in [-0.2, -0.15) is 0 Å². The first-order valence-electron chi connectivity index (χ1n) is 12.3. The van der Waals surface area contributed by atoms with Crippen LogP contribution in [0.1, 0.15) is 66.7 Å². The van der Waals surface area contributed by atoms with E-state index >= 15 is 0 Å². The Hall–Kier alpha value is -2.52. The van der Waals surface area contributed by atoms with Crippen LogP contribution in [-0.4, -0.2) is 47.7 Å². The predicted molar refractivity (Wildman–Crippen MR) is 152 cm³/mol. The summed E-state index contributed by atoms with van der Waals surface area (Å²) in [4.78, 5) is 24.3. The number of ether oxygens (including phenoxy) is 1. The third-order valence-corrected chi connectivity index (χ3v) is 6.49. The van der Waals surface area contributed by atoms with Gasteiger partial charge in [0, 0.05) is 24.4 Å². The van der Waals surface area contributed by atoms with Crippen LogP contribution in [-0.2, 0) is 14.3 Å². The van der Waals surface area contributed by atoms with Crippen LogP contribution in [0.15, 0.2) is 62.3 Å². The van der Waals surface area contributed by atoms with Gasteiger partial charge in [0.05, 0.1) is 12.7 Å². The minimum Gasteiger partial charge on any atom is -0.400 e. The van der Waals surface area contributed by atoms with Gasteiger partial charge in [0.2, 0.25) is 0 Å². The second-order valence-corrected chi connectivity index (χ2v) is 8.87. The van der Waals surface area contributed by atoms with E-state index in [2.05, 4.69) is 59.1 Å². The van der Waals surface area contributed by atoms with E-state index in [1.807, 2.05) is 26.0 Å². The van der Waals surface area contributed by atoms with Gasteiger partial charge in [-0.1, -0.05) is 37.6 Å². The molecule has 1 aliphatic carbocycles. The predicted octanol–water partition coefficient (Wildman–Crippen LogP) is 6.04. The first-order valence-corrected chi connectivity index (χ1v) is 12.3. The molecule has 2 rings (SSSR count). The Morgan fingerprint density at radius 1 is 1.25 bits per heavy atom. The van der Waals surface area contributed by atoms with Crippen molar-refractivity contribution < 1.29 is 24.5 Å². The summed E-state index contributed by atoms with van der Waals surface area (Å²) in [5, 5.41) is 17.0. The molecule has 0 radical (unpaired) electrons. The lowest BCUT2D eigenvalue weighted by atomic mass is 9.68. The highest BCUT2D eigenvalue weighted by molar-refractivity contribution is 6.01. The van der Waals surface area contributed by atoms with Crippen LogP contribution in [0.5, 0.6) is 0 Å². The van der Waals surface area contributed by atoms with Crippen LogP contribution in [0, 0.1) is 29.6 Å². The zero-order valence-corrected chi connectivity index (χ0v) is 23.5. The van der Waals surface area contributed by atoms with Crippen molar-refractivity contribution in [2.75, 3.05) is 13.7 Å². The molecule has 2 aliphatic rings. The Balaban J connectivity index is -0.00000124. The van der Waals surface area contributed by atoms with Crippen molar-refractivity contribution in [3.05, 3.63) is 62.3 Å². The van der Waals surface area contributed by atoms with E-state index in [1.54, 1.807) is 19.1 Å². The van der Waals surface area contributed by atoms with Gasteiger partial charge in [-0.05, 0) is 64.5 Å². The van der Waals surface area contributed by atoms with E-state index < -0.39 is 12.2 Å². The average Bonchev–Trinajstić information content (AvgIpc) is 3.20. The van der Waals surface area contributed by atoms with Crippen LogP contribution in [0.3, 0.4) is 0 Å². The molecule has 0 spiro atoms. The van der Waals surface area contributed by atoms with Crippen molar-refractivity contribution in [2.24, 2.45) is 16.7 Å². The van der Waals surface area contributed by atoms with E-state index in [-0.39, 0.29) is 28.3 Å². The number of ketones is 2. The molecule has 5 heteroatoms. The molecule has 1 heterocycles. The zero-order chi connectivity index (χ0) is 28.9. The first-order chi connectivity index (χ1) is 17.2. The van der Waals surface area contributed by atoms with Crippen LogP contribution >= 0.6 is 0 Å². The maximum Gasteiger partial charge on any atom is 0.178 e. The van der Waals surface area contributed by atoms with Crippen molar-refractivity contribution >= 4 is 11.6 Å². The quantitative estimate of drug-likeness (QED) is 0.297. The second kappa shape index (κ2) is 20.7. The number of hydrogen-bond donors (Lipinski definition) is 2. The Morgan fingerprint density at radius 3 is 2.28 bits per heavy atom. The molecule has 204 valence electrons. The second-order valence-electron chi connectivity index (χ2n) is 8.87. The van der Waals surface area contributed by atoms with Gasteiger partial charge in [-0.15, -0.1) is 39.2 Å². The topological polar surface area (TPSA) is 83.8 Å². The minimum absolute atomic E-state index is 0.0497. The van der Waals surface area contributed by atoms with Crippen LogP contribution in [0.2, 0.25) is 0 Å². The minimum atomic E-state index is -0.469. The SMILES string of the molecule is C#C.C/C=C/[C@@]1(C)C=CC(=O)C=C1CCCC1COC(C(=O)CC)[C@@]1(C)C[C@@H](C)O.C=C.C=C.CO. The summed E-state index contributed by atoms with van der Waals surface area (Å²) < 4.78 is 5.92. The molecule has 0 saturated carbocycles.